The molecule has 0 aliphatic carbocycles. The zero-order valence-electron chi connectivity index (χ0n) is 14.8. The Kier molecular flexibility index (Phi) is 5.55. The summed E-state index contributed by atoms with van der Waals surface area (Å²) in [5.41, 5.74) is 0.712. The minimum absolute atomic E-state index is 0.0465. The van der Waals surface area contributed by atoms with Gasteiger partial charge in [-0.25, -0.2) is 8.42 Å². The number of ether oxygens (including phenoxy) is 1. The number of amides is 1. The molecule has 0 radical (unpaired) electrons. The Morgan fingerprint density at radius 1 is 1.46 bits per heavy atom. The molecule has 9 heteroatoms. The number of sulfone groups is 1. The van der Waals surface area contributed by atoms with E-state index in [-0.39, 0.29) is 34.6 Å². The molecule has 1 amide bonds. The van der Waals surface area contributed by atoms with Crippen LogP contribution in [0.25, 0.3) is 0 Å². The van der Waals surface area contributed by atoms with Crippen LogP contribution in [0.3, 0.4) is 0 Å². The van der Waals surface area contributed by atoms with Crippen LogP contribution in [-0.2, 0) is 14.6 Å². The summed E-state index contributed by atoms with van der Waals surface area (Å²) in [7, 11) is -1.57. The van der Waals surface area contributed by atoms with E-state index >= 15 is 0 Å². The molecule has 0 unspecified atom stereocenters. The SMILES string of the molecule is CC[C@@H](C)C(=O)N=C1S[C@H]2CS(=O)(=O)C[C@@H]2N1c1ccc(OC)c(Cl)c1. The van der Waals surface area contributed by atoms with Gasteiger partial charge in [0.1, 0.15) is 5.75 Å². The summed E-state index contributed by atoms with van der Waals surface area (Å²) in [5.74, 6) is 0.312. The second kappa shape index (κ2) is 7.40. The third-order valence-electron chi connectivity index (χ3n) is 4.72. The van der Waals surface area contributed by atoms with Crippen LogP contribution in [0.1, 0.15) is 20.3 Å². The zero-order valence-corrected chi connectivity index (χ0v) is 17.2. The lowest BCUT2D eigenvalue weighted by Crippen LogP contribution is -2.37. The van der Waals surface area contributed by atoms with E-state index in [1.165, 1.54) is 18.9 Å². The maximum atomic E-state index is 12.3. The Morgan fingerprint density at radius 2 is 2.19 bits per heavy atom. The Balaban J connectivity index is 2.01. The lowest BCUT2D eigenvalue weighted by atomic mass is 10.1. The first-order valence-corrected chi connectivity index (χ1v) is 11.5. The third kappa shape index (κ3) is 3.73. The second-order valence-electron chi connectivity index (χ2n) is 6.53. The van der Waals surface area contributed by atoms with E-state index in [1.54, 1.807) is 12.1 Å². The molecule has 26 heavy (non-hydrogen) atoms. The number of anilines is 1. The largest absolute Gasteiger partial charge is 0.495 e. The number of hydrogen-bond acceptors (Lipinski definition) is 5. The van der Waals surface area contributed by atoms with Crippen molar-refractivity contribution >= 4 is 50.0 Å². The zero-order chi connectivity index (χ0) is 19.1. The summed E-state index contributed by atoms with van der Waals surface area (Å²) in [5, 5.41) is 0.831. The Morgan fingerprint density at radius 3 is 2.81 bits per heavy atom. The van der Waals surface area contributed by atoms with Gasteiger partial charge < -0.3 is 9.64 Å². The number of aliphatic imine (C=N–C) groups is 1. The van der Waals surface area contributed by atoms with Gasteiger partial charge in [-0.1, -0.05) is 37.2 Å². The molecule has 142 valence electrons. The fourth-order valence-electron chi connectivity index (χ4n) is 3.05. The van der Waals surface area contributed by atoms with Gasteiger partial charge in [-0.15, -0.1) is 0 Å². The predicted octanol–water partition coefficient (Wildman–Crippen LogP) is 3.00. The lowest BCUT2D eigenvalue weighted by Gasteiger charge is -2.25. The van der Waals surface area contributed by atoms with Crippen LogP contribution in [0.5, 0.6) is 5.75 Å². The molecule has 1 aromatic carbocycles. The molecule has 0 saturated carbocycles. The number of hydrogen-bond donors (Lipinski definition) is 0. The highest BCUT2D eigenvalue weighted by molar-refractivity contribution is 8.16. The van der Waals surface area contributed by atoms with Gasteiger partial charge in [-0.2, -0.15) is 4.99 Å². The molecule has 0 bridgehead atoms. The minimum atomic E-state index is -3.10. The smallest absolute Gasteiger partial charge is 0.250 e. The number of carbonyl (C=O) groups excluding carboxylic acids is 1. The monoisotopic (exact) mass is 416 g/mol. The Hall–Kier alpha value is -1.25. The average molecular weight is 417 g/mol. The number of fused-ring (bicyclic) bond motifs is 1. The van der Waals surface area contributed by atoms with Crippen molar-refractivity contribution in [2.24, 2.45) is 10.9 Å². The topological polar surface area (TPSA) is 76.0 Å². The Bertz CT molecular complexity index is 856. The van der Waals surface area contributed by atoms with E-state index < -0.39 is 9.84 Å². The molecular weight excluding hydrogens is 396 g/mol. The van der Waals surface area contributed by atoms with Gasteiger partial charge in [0.05, 0.1) is 29.7 Å². The van der Waals surface area contributed by atoms with Crippen LogP contribution in [0, 0.1) is 5.92 Å². The molecule has 0 spiro atoms. The van der Waals surface area contributed by atoms with Crippen LogP contribution in [-0.4, -0.2) is 49.4 Å². The number of benzene rings is 1. The quantitative estimate of drug-likeness (QED) is 0.750. The van der Waals surface area contributed by atoms with Gasteiger partial charge in [0.15, 0.2) is 15.0 Å². The van der Waals surface area contributed by atoms with Crippen LogP contribution in [0.15, 0.2) is 23.2 Å². The highest BCUT2D eigenvalue weighted by atomic mass is 35.5. The van der Waals surface area contributed by atoms with E-state index in [4.69, 9.17) is 16.3 Å². The van der Waals surface area contributed by atoms with E-state index in [0.29, 0.717) is 28.0 Å². The summed E-state index contributed by atoms with van der Waals surface area (Å²) in [6.07, 6.45) is 0.704. The summed E-state index contributed by atoms with van der Waals surface area (Å²) in [6, 6.07) is 5.00. The van der Waals surface area contributed by atoms with Gasteiger partial charge >= 0.3 is 0 Å². The number of amidine groups is 1. The first-order valence-electron chi connectivity index (χ1n) is 8.38. The third-order valence-corrected chi connectivity index (χ3v) is 8.23. The van der Waals surface area contributed by atoms with E-state index in [2.05, 4.69) is 4.99 Å². The fourth-order valence-corrected chi connectivity index (χ4v) is 7.22. The summed E-state index contributed by atoms with van der Waals surface area (Å²) in [4.78, 5) is 18.5. The van der Waals surface area contributed by atoms with Crippen molar-refractivity contribution in [3.8, 4) is 5.75 Å². The normalized spacial score (nSPS) is 26.8. The van der Waals surface area contributed by atoms with Gasteiger partial charge in [0.25, 0.3) is 5.91 Å². The number of halogens is 1. The molecule has 2 saturated heterocycles. The highest BCUT2D eigenvalue weighted by Crippen LogP contribution is 2.42. The molecular formula is C17H21ClN2O4S2. The molecule has 3 rings (SSSR count). The van der Waals surface area contributed by atoms with Gasteiger partial charge in [0.2, 0.25) is 0 Å². The van der Waals surface area contributed by atoms with Crippen molar-refractivity contribution in [2.45, 2.75) is 31.6 Å². The molecule has 6 nitrogen and oxygen atoms in total. The van der Waals surface area contributed by atoms with Crippen LogP contribution >= 0.6 is 23.4 Å². The fraction of sp³-hybridized carbons (Fsp3) is 0.529. The molecule has 2 aliphatic heterocycles. The molecule has 0 aromatic heterocycles. The standard InChI is InChI=1S/C17H21ClN2O4S2/c1-4-10(2)16(21)19-17-20(11-5-6-14(24-3)12(18)7-11)13-8-26(22,23)9-15(13)25-17/h5-7,10,13,15H,4,8-9H2,1-3H3/t10-,13+,15+/m1/s1. The number of carbonyl (C=O) groups is 1. The molecule has 2 fully saturated rings. The molecule has 3 atom stereocenters. The molecule has 0 N–H and O–H groups in total. The van der Waals surface area contributed by atoms with Gasteiger partial charge in [0, 0.05) is 16.9 Å². The minimum Gasteiger partial charge on any atom is -0.495 e. The number of thioether (sulfide) groups is 1. The molecule has 1 aromatic rings. The number of rotatable bonds is 4. The summed E-state index contributed by atoms with van der Waals surface area (Å²) >= 11 is 7.61. The highest BCUT2D eigenvalue weighted by Gasteiger charge is 2.49. The van der Waals surface area contributed by atoms with Crippen molar-refractivity contribution in [2.75, 3.05) is 23.5 Å². The lowest BCUT2D eigenvalue weighted by molar-refractivity contribution is -0.121. The van der Waals surface area contributed by atoms with Crippen molar-refractivity contribution in [1.82, 2.24) is 0 Å². The maximum absolute atomic E-state index is 12.3. The Labute approximate surface area is 162 Å². The first-order chi connectivity index (χ1) is 12.3. The van der Waals surface area contributed by atoms with Gasteiger partial charge in [-0.3, -0.25) is 4.79 Å². The molecule has 2 heterocycles. The van der Waals surface area contributed by atoms with E-state index in [0.717, 1.165) is 0 Å². The van der Waals surface area contributed by atoms with Crippen molar-refractivity contribution in [1.29, 1.82) is 0 Å². The van der Waals surface area contributed by atoms with Crippen molar-refractivity contribution < 1.29 is 17.9 Å². The number of methoxy groups -OCH3 is 1. The van der Waals surface area contributed by atoms with Crippen LogP contribution in [0.2, 0.25) is 5.02 Å². The molecule has 2 aliphatic rings. The van der Waals surface area contributed by atoms with Crippen molar-refractivity contribution in [3.63, 3.8) is 0 Å². The van der Waals surface area contributed by atoms with Crippen molar-refractivity contribution in [3.05, 3.63) is 23.2 Å². The first kappa shape index (κ1) is 19.5. The van der Waals surface area contributed by atoms with E-state index in [9.17, 15) is 13.2 Å². The van der Waals surface area contributed by atoms with Gasteiger partial charge in [-0.05, 0) is 24.6 Å². The predicted molar refractivity (Wildman–Crippen MR) is 106 cm³/mol. The second-order valence-corrected chi connectivity index (χ2v) is 10.3. The summed E-state index contributed by atoms with van der Waals surface area (Å²) in [6.45, 7) is 3.78. The van der Waals surface area contributed by atoms with Crippen LogP contribution in [0.4, 0.5) is 5.69 Å². The maximum Gasteiger partial charge on any atom is 0.250 e. The number of nitrogens with zero attached hydrogens (tertiary/aromatic N) is 2. The van der Waals surface area contributed by atoms with Crippen LogP contribution < -0.4 is 9.64 Å². The average Bonchev–Trinajstić information content (AvgIpc) is 3.04. The summed E-state index contributed by atoms with van der Waals surface area (Å²) < 4.78 is 29.3. The van der Waals surface area contributed by atoms with E-state index in [1.807, 2.05) is 24.8 Å².